The lowest BCUT2D eigenvalue weighted by Gasteiger charge is -2.40. The number of fused-ring (bicyclic) bond motifs is 5. The Kier molecular flexibility index (Phi) is 5.53. The van der Waals surface area contributed by atoms with Crippen molar-refractivity contribution in [1.29, 1.82) is 0 Å². The summed E-state index contributed by atoms with van der Waals surface area (Å²) in [5.74, 6) is 0. The van der Waals surface area contributed by atoms with Crippen molar-refractivity contribution in [2.45, 2.75) is 9.79 Å². The summed E-state index contributed by atoms with van der Waals surface area (Å²) in [7, 11) is -2.60. The molecule has 6 aromatic carbocycles. The van der Waals surface area contributed by atoms with E-state index in [9.17, 15) is 0 Å². The second kappa shape index (κ2) is 9.28. The van der Waals surface area contributed by atoms with Crippen molar-refractivity contribution in [3.8, 4) is 5.69 Å². The number of para-hydroxylation sites is 2. The van der Waals surface area contributed by atoms with Gasteiger partial charge in [0.25, 0.3) is 0 Å². The van der Waals surface area contributed by atoms with Crippen LogP contribution in [0.5, 0.6) is 0 Å². The first-order chi connectivity index (χ1) is 19.7. The largest absolute Gasteiger partial charge is 0.309 e. The summed E-state index contributed by atoms with van der Waals surface area (Å²) in [6, 6.07) is 53.3. The van der Waals surface area contributed by atoms with Crippen LogP contribution >= 0.6 is 23.4 Å². The molecule has 190 valence electrons. The SMILES string of the molecule is Clc1ccc2c(c1)Sc1ccccc1[Si]2(c1ccccc1)c1ccc(-n2c3ccccc3c3ccccc32)cc1. The zero-order chi connectivity index (χ0) is 26.7. The standard InChI is InChI=1S/C36H24ClNSSi/c37-25-18-23-36-34(24-25)39-33-16-8-9-17-35(33)40(36,27-10-2-1-3-11-27)28-21-19-26(20-22-28)38-31-14-6-4-12-29(31)30-13-5-7-15-32(30)38/h1-24H. The van der Waals surface area contributed by atoms with E-state index in [-0.39, 0.29) is 0 Å². The average molecular weight is 566 g/mol. The minimum absolute atomic E-state index is 0.781. The van der Waals surface area contributed by atoms with Crippen molar-refractivity contribution in [1.82, 2.24) is 4.57 Å². The van der Waals surface area contributed by atoms with E-state index in [0.29, 0.717) is 0 Å². The smallest absolute Gasteiger partial charge is 0.181 e. The summed E-state index contributed by atoms with van der Waals surface area (Å²) >= 11 is 8.40. The Morgan fingerprint density at radius 2 is 1.07 bits per heavy atom. The average Bonchev–Trinajstić information content (AvgIpc) is 3.35. The van der Waals surface area contributed by atoms with E-state index >= 15 is 0 Å². The Hall–Kier alpha value is -4.02. The van der Waals surface area contributed by atoms with Crippen LogP contribution in [-0.2, 0) is 0 Å². The minimum atomic E-state index is -2.60. The topological polar surface area (TPSA) is 4.93 Å². The Morgan fingerprint density at radius 3 is 1.80 bits per heavy atom. The number of benzene rings is 6. The Labute approximate surface area is 243 Å². The molecule has 0 fully saturated rings. The Bertz CT molecular complexity index is 1990. The van der Waals surface area contributed by atoms with Gasteiger partial charge in [-0.3, -0.25) is 0 Å². The van der Waals surface area contributed by atoms with Gasteiger partial charge in [-0.1, -0.05) is 126 Å². The molecule has 2 heterocycles. The van der Waals surface area contributed by atoms with Gasteiger partial charge in [-0.2, -0.15) is 0 Å². The van der Waals surface area contributed by atoms with E-state index < -0.39 is 8.07 Å². The van der Waals surface area contributed by atoms with Crippen molar-refractivity contribution >= 4 is 74.0 Å². The summed E-state index contributed by atoms with van der Waals surface area (Å²) < 4.78 is 2.39. The van der Waals surface area contributed by atoms with E-state index in [2.05, 4.69) is 150 Å². The molecule has 0 bridgehead atoms. The normalized spacial score (nSPS) is 16.1. The van der Waals surface area contributed by atoms with Crippen LogP contribution in [0.4, 0.5) is 0 Å². The van der Waals surface area contributed by atoms with Crippen LogP contribution in [0, 0.1) is 0 Å². The molecular formula is C36H24ClNSSi. The summed E-state index contributed by atoms with van der Waals surface area (Å²) in [6.45, 7) is 0. The van der Waals surface area contributed by atoms with Gasteiger partial charge in [0, 0.05) is 31.3 Å². The van der Waals surface area contributed by atoms with Crippen molar-refractivity contribution in [3.63, 3.8) is 0 Å². The molecule has 1 aliphatic heterocycles. The molecule has 1 nitrogen and oxygen atoms in total. The monoisotopic (exact) mass is 565 g/mol. The van der Waals surface area contributed by atoms with E-state index in [1.165, 1.54) is 58.0 Å². The maximum atomic E-state index is 6.56. The van der Waals surface area contributed by atoms with Crippen molar-refractivity contribution in [3.05, 3.63) is 151 Å². The first kappa shape index (κ1) is 23.8. The first-order valence-corrected chi connectivity index (χ1v) is 16.7. The van der Waals surface area contributed by atoms with Gasteiger partial charge >= 0.3 is 0 Å². The molecule has 1 atom stereocenters. The summed E-state index contributed by atoms with van der Waals surface area (Å²) in [5.41, 5.74) is 3.63. The number of rotatable bonds is 3. The highest BCUT2D eigenvalue weighted by atomic mass is 35.5. The van der Waals surface area contributed by atoms with Crippen molar-refractivity contribution in [2.75, 3.05) is 0 Å². The highest BCUT2D eigenvalue weighted by Gasteiger charge is 2.46. The third-order valence-corrected chi connectivity index (χ3v) is 14.8. The maximum absolute atomic E-state index is 6.56. The van der Waals surface area contributed by atoms with E-state index in [1.54, 1.807) is 0 Å². The number of aromatic nitrogens is 1. The highest BCUT2D eigenvalue weighted by molar-refractivity contribution is 8.00. The molecule has 7 aromatic rings. The number of hydrogen-bond donors (Lipinski definition) is 0. The lowest BCUT2D eigenvalue weighted by atomic mass is 10.2. The van der Waals surface area contributed by atoms with Crippen molar-refractivity contribution < 1.29 is 0 Å². The van der Waals surface area contributed by atoms with Gasteiger partial charge in [0.2, 0.25) is 0 Å². The van der Waals surface area contributed by atoms with Crippen LogP contribution in [0.25, 0.3) is 27.5 Å². The van der Waals surface area contributed by atoms with Gasteiger partial charge in [-0.15, -0.1) is 0 Å². The van der Waals surface area contributed by atoms with Crippen LogP contribution in [0.3, 0.4) is 0 Å². The van der Waals surface area contributed by atoms with Gasteiger partial charge in [0.05, 0.1) is 11.0 Å². The molecule has 0 saturated heterocycles. The number of hydrogen-bond acceptors (Lipinski definition) is 1. The van der Waals surface area contributed by atoms with Crippen LogP contribution < -0.4 is 20.7 Å². The second-order valence-corrected chi connectivity index (χ2v) is 15.5. The van der Waals surface area contributed by atoms with Crippen LogP contribution in [0.1, 0.15) is 0 Å². The van der Waals surface area contributed by atoms with Gasteiger partial charge in [-0.25, -0.2) is 0 Å². The van der Waals surface area contributed by atoms with Crippen LogP contribution in [0.15, 0.2) is 155 Å². The molecule has 1 aromatic heterocycles. The zero-order valence-electron chi connectivity index (χ0n) is 21.6. The molecule has 1 unspecified atom stereocenters. The Balaban J connectivity index is 1.41. The molecule has 0 amide bonds. The first-order valence-electron chi connectivity index (χ1n) is 13.5. The number of halogens is 1. The van der Waals surface area contributed by atoms with Gasteiger partial charge in [0.15, 0.2) is 8.07 Å². The fraction of sp³-hybridized carbons (Fsp3) is 0. The van der Waals surface area contributed by atoms with Gasteiger partial charge < -0.3 is 4.57 Å². The molecule has 4 heteroatoms. The minimum Gasteiger partial charge on any atom is -0.309 e. The third kappa shape index (κ3) is 3.42. The predicted molar refractivity (Wildman–Crippen MR) is 174 cm³/mol. The van der Waals surface area contributed by atoms with Crippen LogP contribution in [0.2, 0.25) is 5.02 Å². The maximum Gasteiger partial charge on any atom is 0.181 e. The Morgan fingerprint density at radius 1 is 0.500 bits per heavy atom. The lowest BCUT2D eigenvalue weighted by Crippen LogP contribution is -2.76. The summed E-state index contributed by atoms with van der Waals surface area (Å²) in [6.07, 6.45) is 0. The molecule has 0 aliphatic carbocycles. The van der Waals surface area contributed by atoms with Crippen molar-refractivity contribution in [2.24, 2.45) is 0 Å². The molecule has 0 radical (unpaired) electrons. The second-order valence-electron chi connectivity index (χ2n) is 10.3. The lowest BCUT2D eigenvalue weighted by molar-refractivity contribution is 1.18. The van der Waals surface area contributed by atoms with Crippen LogP contribution in [-0.4, -0.2) is 12.6 Å². The fourth-order valence-corrected chi connectivity index (χ4v) is 13.7. The molecular weight excluding hydrogens is 542 g/mol. The molecule has 1 aliphatic rings. The molecule has 0 saturated carbocycles. The summed E-state index contributed by atoms with van der Waals surface area (Å²) in [4.78, 5) is 2.58. The highest BCUT2D eigenvalue weighted by Crippen LogP contribution is 2.35. The quantitative estimate of drug-likeness (QED) is 0.204. The van der Waals surface area contributed by atoms with E-state index in [1.807, 2.05) is 11.8 Å². The van der Waals surface area contributed by atoms with Gasteiger partial charge in [0.1, 0.15) is 0 Å². The predicted octanol–water partition coefficient (Wildman–Crippen LogP) is 7.28. The number of nitrogens with zero attached hydrogens (tertiary/aromatic N) is 1. The molecule has 40 heavy (non-hydrogen) atoms. The van der Waals surface area contributed by atoms with Gasteiger partial charge in [-0.05, 0) is 63.2 Å². The zero-order valence-corrected chi connectivity index (χ0v) is 24.2. The van der Waals surface area contributed by atoms with E-state index in [0.717, 1.165) is 5.02 Å². The molecule has 0 spiro atoms. The molecule has 0 N–H and O–H groups in total. The summed E-state index contributed by atoms with van der Waals surface area (Å²) in [5, 5.41) is 8.93. The third-order valence-electron chi connectivity index (χ3n) is 8.20. The molecule has 8 rings (SSSR count). The van der Waals surface area contributed by atoms with E-state index in [4.69, 9.17) is 11.6 Å². The fourth-order valence-electron chi connectivity index (χ4n) is 6.56.